The Morgan fingerprint density at radius 2 is 2.43 bits per heavy atom. The van der Waals surface area contributed by atoms with Gasteiger partial charge in [0, 0.05) is 18.1 Å². The maximum atomic E-state index is 5.94. The molecule has 6 nitrogen and oxygen atoms in total. The van der Waals surface area contributed by atoms with Gasteiger partial charge in [0.2, 0.25) is 0 Å². The number of hydrogen-bond donors (Lipinski definition) is 1. The Labute approximate surface area is 131 Å². The van der Waals surface area contributed by atoms with Crippen LogP contribution in [-0.2, 0) is 11.3 Å². The quantitative estimate of drug-likeness (QED) is 0.805. The zero-order chi connectivity index (χ0) is 15.2. The minimum atomic E-state index is 0.0948. The molecule has 1 aromatic rings. The van der Waals surface area contributed by atoms with E-state index in [-0.39, 0.29) is 12.1 Å². The lowest BCUT2D eigenvalue weighted by Crippen LogP contribution is -2.38. The van der Waals surface area contributed by atoms with Crippen molar-refractivity contribution in [2.24, 2.45) is 0 Å². The molecule has 0 aromatic carbocycles. The van der Waals surface area contributed by atoms with Crippen LogP contribution >= 0.6 is 11.8 Å². The van der Waals surface area contributed by atoms with Crippen molar-refractivity contribution < 1.29 is 9.47 Å². The summed E-state index contributed by atoms with van der Waals surface area (Å²) >= 11 is 1.94. The molecule has 21 heavy (non-hydrogen) atoms. The summed E-state index contributed by atoms with van der Waals surface area (Å²) in [6.45, 7) is 2.58. The van der Waals surface area contributed by atoms with Crippen LogP contribution < -0.4 is 10.1 Å². The Bertz CT molecular complexity index is 433. The first kappa shape index (κ1) is 16.6. The Morgan fingerprint density at radius 1 is 1.62 bits per heavy atom. The van der Waals surface area contributed by atoms with E-state index in [1.807, 2.05) is 23.5 Å². The van der Waals surface area contributed by atoms with Crippen LogP contribution in [0.2, 0.25) is 0 Å². The standard InChI is InChI=1S/C14H26N4O2S/c1-15-13(12-10-21-8-7-20-12)14-11(19-4)9-16-18(14)6-5-17(2)3/h9,12-13,15H,5-8,10H2,1-4H3. The average molecular weight is 314 g/mol. The summed E-state index contributed by atoms with van der Waals surface area (Å²) in [7, 11) is 7.80. The van der Waals surface area contributed by atoms with Crippen molar-refractivity contribution in [3.8, 4) is 5.75 Å². The predicted octanol–water partition coefficient (Wildman–Crippen LogP) is 0.846. The second-order valence-corrected chi connectivity index (χ2v) is 6.52. The Morgan fingerprint density at radius 3 is 3.00 bits per heavy atom. The maximum absolute atomic E-state index is 5.94. The number of nitrogens with one attached hydrogen (secondary N) is 1. The average Bonchev–Trinajstić information content (AvgIpc) is 2.90. The van der Waals surface area contributed by atoms with E-state index < -0.39 is 0 Å². The molecule has 1 saturated heterocycles. The number of rotatable bonds is 7. The molecule has 2 atom stereocenters. The Kier molecular flexibility index (Phi) is 6.35. The van der Waals surface area contributed by atoms with Crippen LogP contribution in [0.25, 0.3) is 0 Å². The van der Waals surface area contributed by atoms with Gasteiger partial charge in [0.25, 0.3) is 0 Å². The topological polar surface area (TPSA) is 51.5 Å². The van der Waals surface area contributed by atoms with Crippen molar-refractivity contribution in [1.29, 1.82) is 0 Å². The van der Waals surface area contributed by atoms with Crippen LogP contribution in [0.4, 0.5) is 0 Å². The van der Waals surface area contributed by atoms with E-state index >= 15 is 0 Å². The number of nitrogens with zero attached hydrogens (tertiary/aromatic N) is 3. The number of thioether (sulfide) groups is 1. The van der Waals surface area contributed by atoms with Gasteiger partial charge < -0.3 is 19.7 Å². The van der Waals surface area contributed by atoms with Gasteiger partial charge in [0.15, 0.2) is 5.75 Å². The molecule has 0 bridgehead atoms. The normalized spacial score (nSPS) is 20.7. The third-order valence-corrected chi connectivity index (χ3v) is 4.66. The molecule has 1 aliphatic heterocycles. The molecule has 7 heteroatoms. The van der Waals surface area contributed by atoms with Gasteiger partial charge in [-0.05, 0) is 21.1 Å². The Hall–Kier alpha value is -0.760. The van der Waals surface area contributed by atoms with E-state index in [9.17, 15) is 0 Å². The van der Waals surface area contributed by atoms with Gasteiger partial charge >= 0.3 is 0 Å². The third kappa shape index (κ3) is 4.12. The van der Waals surface area contributed by atoms with Gasteiger partial charge in [-0.1, -0.05) is 0 Å². The molecule has 2 unspecified atom stereocenters. The molecule has 0 spiro atoms. The van der Waals surface area contributed by atoms with E-state index in [4.69, 9.17) is 9.47 Å². The second-order valence-electron chi connectivity index (χ2n) is 5.38. The minimum Gasteiger partial charge on any atom is -0.493 e. The summed E-state index contributed by atoms with van der Waals surface area (Å²) in [5, 5.41) is 7.87. The van der Waals surface area contributed by atoms with Crippen LogP contribution in [-0.4, -0.2) is 73.7 Å². The third-order valence-electron chi connectivity index (χ3n) is 3.64. The van der Waals surface area contributed by atoms with Gasteiger partial charge in [-0.15, -0.1) is 0 Å². The summed E-state index contributed by atoms with van der Waals surface area (Å²) in [5.41, 5.74) is 1.08. The maximum Gasteiger partial charge on any atom is 0.161 e. The summed E-state index contributed by atoms with van der Waals surface area (Å²) in [6, 6.07) is 0.0948. The highest BCUT2D eigenvalue weighted by atomic mass is 32.2. The van der Waals surface area contributed by atoms with E-state index in [0.29, 0.717) is 0 Å². The monoisotopic (exact) mass is 314 g/mol. The number of ether oxygens (including phenoxy) is 2. The van der Waals surface area contributed by atoms with Crippen LogP contribution in [0.3, 0.4) is 0 Å². The molecule has 1 aromatic heterocycles. The molecule has 1 fully saturated rings. The van der Waals surface area contributed by atoms with Gasteiger partial charge in [0.05, 0.1) is 38.6 Å². The summed E-state index contributed by atoms with van der Waals surface area (Å²) in [4.78, 5) is 2.15. The lowest BCUT2D eigenvalue weighted by molar-refractivity contribution is 0.0457. The van der Waals surface area contributed by atoms with E-state index in [1.165, 1.54) is 0 Å². The lowest BCUT2D eigenvalue weighted by atomic mass is 10.1. The van der Waals surface area contributed by atoms with Gasteiger partial charge in [-0.3, -0.25) is 4.68 Å². The SMILES string of the molecule is CNC(c1c(OC)cnn1CCN(C)C)C1CSCCO1. The number of likely N-dealkylation sites (N-methyl/N-ethyl adjacent to an activating group) is 2. The van der Waals surface area contributed by atoms with Crippen LogP contribution in [0.15, 0.2) is 6.20 Å². The summed E-state index contributed by atoms with van der Waals surface area (Å²) in [5.74, 6) is 2.89. The number of aromatic nitrogens is 2. The van der Waals surface area contributed by atoms with Crippen molar-refractivity contribution in [3.63, 3.8) is 0 Å². The van der Waals surface area contributed by atoms with Crippen LogP contribution in [0, 0.1) is 0 Å². The van der Waals surface area contributed by atoms with Crippen molar-refractivity contribution in [3.05, 3.63) is 11.9 Å². The van der Waals surface area contributed by atoms with Gasteiger partial charge in [-0.25, -0.2) is 0 Å². The van der Waals surface area contributed by atoms with Gasteiger partial charge in [0.1, 0.15) is 5.69 Å². The first-order valence-corrected chi connectivity index (χ1v) is 8.44. The molecule has 1 aliphatic rings. The van der Waals surface area contributed by atoms with E-state index in [2.05, 4.69) is 29.4 Å². The molecule has 120 valence electrons. The van der Waals surface area contributed by atoms with E-state index in [1.54, 1.807) is 13.3 Å². The highest BCUT2D eigenvalue weighted by molar-refractivity contribution is 7.99. The van der Waals surface area contributed by atoms with Crippen molar-refractivity contribution in [2.45, 2.75) is 18.7 Å². The van der Waals surface area contributed by atoms with E-state index in [0.717, 1.165) is 42.6 Å². The molecule has 1 N–H and O–H groups in total. The molecule has 0 amide bonds. The second kappa shape index (κ2) is 8.03. The highest BCUT2D eigenvalue weighted by Gasteiger charge is 2.30. The molecule has 0 aliphatic carbocycles. The number of methoxy groups -OCH3 is 1. The van der Waals surface area contributed by atoms with Crippen LogP contribution in [0.5, 0.6) is 5.75 Å². The fourth-order valence-electron chi connectivity index (χ4n) is 2.52. The minimum absolute atomic E-state index is 0.0948. The first-order chi connectivity index (χ1) is 10.2. The van der Waals surface area contributed by atoms with Crippen molar-refractivity contribution in [1.82, 2.24) is 20.0 Å². The largest absolute Gasteiger partial charge is 0.493 e. The van der Waals surface area contributed by atoms with Crippen molar-refractivity contribution in [2.75, 3.05) is 52.9 Å². The van der Waals surface area contributed by atoms with Crippen LogP contribution in [0.1, 0.15) is 11.7 Å². The van der Waals surface area contributed by atoms with Gasteiger partial charge in [-0.2, -0.15) is 16.9 Å². The molecular formula is C14H26N4O2S. The zero-order valence-electron chi connectivity index (χ0n) is 13.3. The highest BCUT2D eigenvalue weighted by Crippen LogP contribution is 2.31. The molecule has 0 radical (unpaired) electrons. The lowest BCUT2D eigenvalue weighted by Gasteiger charge is -2.31. The zero-order valence-corrected chi connectivity index (χ0v) is 14.2. The van der Waals surface area contributed by atoms with Crippen molar-refractivity contribution >= 4 is 11.8 Å². The summed E-state index contributed by atoms with van der Waals surface area (Å²) in [6.07, 6.45) is 1.95. The Balaban J connectivity index is 2.22. The number of hydrogen-bond acceptors (Lipinski definition) is 6. The molecule has 2 heterocycles. The predicted molar refractivity (Wildman–Crippen MR) is 86.2 cm³/mol. The first-order valence-electron chi connectivity index (χ1n) is 7.28. The fraction of sp³-hybridized carbons (Fsp3) is 0.786. The smallest absolute Gasteiger partial charge is 0.161 e. The molecule has 0 saturated carbocycles. The summed E-state index contributed by atoms with van der Waals surface area (Å²) < 4.78 is 13.5. The molecule has 2 rings (SSSR count). The fourth-order valence-corrected chi connectivity index (χ4v) is 3.42. The molecular weight excluding hydrogens is 288 g/mol.